The highest BCUT2D eigenvalue weighted by atomic mass is 16.5. The van der Waals surface area contributed by atoms with Crippen molar-refractivity contribution in [3.8, 4) is 5.75 Å². The number of hydrogen-bond donors (Lipinski definition) is 1. The van der Waals surface area contributed by atoms with Crippen molar-refractivity contribution in [2.45, 2.75) is 47.3 Å². The first-order chi connectivity index (χ1) is 7.54. The third-order valence-electron chi connectivity index (χ3n) is 2.45. The lowest BCUT2D eigenvalue weighted by Crippen LogP contribution is -2.13. The Morgan fingerprint density at radius 3 is 2.19 bits per heavy atom. The molecule has 0 saturated heterocycles. The van der Waals surface area contributed by atoms with Crippen LogP contribution in [0.15, 0.2) is 12.1 Å². The predicted octanol–water partition coefficient (Wildman–Crippen LogP) is 3.20. The van der Waals surface area contributed by atoms with E-state index in [0.29, 0.717) is 0 Å². The van der Waals surface area contributed by atoms with Crippen molar-refractivity contribution in [2.75, 3.05) is 6.54 Å². The number of rotatable bonds is 5. The first kappa shape index (κ1) is 13.0. The molecule has 1 aromatic carbocycles. The Morgan fingerprint density at radius 2 is 1.75 bits per heavy atom. The normalized spacial score (nSPS) is 10.9. The quantitative estimate of drug-likeness (QED) is 0.824. The number of benzene rings is 1. The Kier molecular flexibility index (Phi) is 4.81. The van der Waals surface area contributed by atoms with Crippen LogP contribution in [0.4, 0.5) is 0 Å². The van der Waals surface area contributed by atoms with Crippen molar-refractivity contribution in [3.63, 3.8) is 0 Å². The van der Waals surface area contributed by atoms with Gasteiger partial charge in [0.25, 0.3) is 0 Å². The Balaban J connectivity index is 2.89. The topological polar surface area (TPSA) is 21.3 Å². The van der Waals surface area contributed by atoms with Gasteiger partial charge in [-0.25, -0.2) is 0 Å². The fourth-order valence-corrected chi connectivity index (χ4v) is 1.83. The van der Waals surface area contributed by atoms with Crippen LogP contribution < -0.4 is 10.1 Å². The summed E-state index contributed by atoms with van der Waals surface area (Å²) in [6.45, 7) is 12.4. The summed E-state index contributed by atoms with van der Waals surface area (Å²) in [5, 5.41) is 3.34. The molecule has 0 saturated carbocycles. The third kappa shape index (κ3) is 3.53. The number of nitrogens with one attached hydrogen (secondary N) is 1. The lowest BCUT2D eigenvalue weighted by molar-refractivity contribution is 0.239. The van der Waals surface area contributed by atoms with E-state index in [1.54, 1.807) is 0 Å². The zero-order valence-electron chi connectivity index (χ0n) is 11.1. The van der Waals surface area contributed by atoms with Crippen molar-refractivity contribution in [2.24, 2.45) is 0 Å². The molecule has 0 aliphatic rings. The van der Waals surface area contributed by atoms with Gasteiger partial charge in [0.15, 0.2) is 0 Å². The van der Waals surface area contributed by atoms with Crippen LogP contribution in [-0.4, -0.2) is 12.6 Å². The molecule has 0 amide bonds. The Labute approximate surface area is 99.0 Å². The summed E-state index contributed by atoms with van der Waals surface area (Å²) >= 11 is 0. The lowest BCUT2D eigenvalue weighted by atomic mass is 10.1. The largest absolute Gasteiger partial charge is 0.490 e. The van der Waals surface area contributed by atoms with E-state index in [1.165, 1.54) is 16.7 Å². The van der Waals surface area contributed by atoms with E-state index in [0.717, 1.165) is 18.8 Å². The second kappa shape index (κ2) is 5.90. The SMILES string of the molecule is CCNCc1cc(C)c(OC(C)C)c(C)c1. The average molecular weight is 221 g/mol. The van der Waals surface area contributed by atoms with Crippen LogP contribution in [0.25, 0.3) is 0 Å². The molecular formula is C14H23NO. The minimum Gasteiger partial charge on any atom is -0.490 e. The highest BCUT2D eigenvalue weighted by Gasteiger charge is 2.07. The zero-order chi connectivity index (χ0) is 12.1. The summed E-state index contributed by atoms with van der Waals surface area (Å²) in [5.41, 5.74) is 3.77. The molecule has 0 radical (unpaired) electrons. The lowest BCUT2D eigenvalue weighted by Gasteiger charge is -2.16. The third-order valence-corrected chi connectivity index (χ3v) is 2.45. The first-order valence-corrected chi connectivity index (χ1v) is 6.02. The van der Waals surface area contributed by atoms with E-state index >= 15 is 0 Å². The summed E-state index contributed by atoms with van der Waals surface area (Å²) in [6, 6.07) is 4.40. The van der Waals surface area contributed by atoms with Gasteiger partial charge >= 0.3 is 0 Å². The monoisotopic (exact) mass is 221 g/mol. The highest BCUT2D eigenvalue weighted by Crippen LogP contribution is 2.25. The molecule has 90 valence electrons. The molecule has 0 heterocycles. The van der Waals surface area contributed by atoms with Gasteiger partial charge < -0.3 is 10.1 Å². The van der Waals surface area contributed by atoms with Gasteiger partial charge in [0.05, 0.1) is 6.10 Å². The molecule has 0 aliphatic heterocycles. The molecule has 2 nitrogen and oxygen atoms in total. The van der Waals surface area contributed by atoms with Gasteiger partial charge in [0.1, 0.15) is 5.75 Å². The summed E-state index contributed by atoms with van der Waals surface area (Å²) in [4.78, 5) is 0. The number of hydrogen-bond acceptors (Lipinski definition) is 2. The van der Waals surface area contributed by atoms with Gasteiger partial charge in [0, 0.05) is 6.54 Å². The molecule has 0 bridgehead atoms. The molecule has 0 fully saturated rings. The predicted molar refractivity (Wildman–Crippen MR) is 69.1 cm³/mol. The van der Waals surface area contributed by atoms with Crippen LogP contribution >= 0.6 is 0 Å². The molecule has 0 unspecified atom stereocenters. The highest BCUT2D eigenvalue weighted by molar-refractivity contribution is 5.43. The van der Waals surface area contributed by atoms with Crippen molar-refractivity contribution in [1.29, 1.82) is 0 Å². The van der Waals surface area contributed by atoms with Crippen LogP contribution in [0.1, 0.15) is 37.5 Å². The summed E-state index contributed by atoms with van der Waals surface area (Å²) in [7, 11) is 0. The second-order valence-electron chi connectivity index (χ2n) is 4.51. The minimum absolute atomic E-state index is 0.233. The van der Waals surface area contributed by atoms with E-state index < -0.39 is 0 Å². The van der Waals surface area contributed by atoms with Gasteiger partial charge in [-0.3, -0.25) is 0 Å². The number of aryl methyl sites for hydroxylation is 2. The standard InChI is InChI=1S/C14H23NO/c1-6-15-9-13-7-11(4)14(12(5)8-13)16-10(2)3/h7-8,10,15H,6,9H2,1-5H3. The van der Waals surface area contributed by atoms with Crippen LogP contribution in [0.2, 0.25) is 0 Å². The van der Waals surface area contributed by atoms with Gasteiger partial charge in [-0.2, -0.15) is 0 Å². The molecule has 0 aliphatic carbocycles. The molecule has 1 rings (SSSR count). The van der Waals surface area contributed by atoms with Gasteiger partial charge in [-0.15, -0.1) is 0 Å². The van der Waals surface area contributed by atoms with Crippen molar-refractivity contribution in [1.82, 2.24) is 5.32 Å². The molecule has 1 aromatic rings. The summed E-state index contributed by atoms with van der Waals surface area (Å²) in [6.07, 6.45) is 0.233. The van der Waals surface area contributed by atoms with Crippen LogP contribution in [-0.2, 0) is 6.54 Å². The summed E-state index contributed by atoms with van der Waals surface area (Å²) in [5.74, 6) is 1.04. The van der Waals surface area contributed by atoms with Crippen LogP contribution in [0.5, 0.6) is 5.75 Å². The number of ether oxygens (including phenoxy) is 1. The molecule has 0 atom stereocenters. The van der Waals surface area contributed by atoms with E-state index in [-0.39, 0.29) is 6.10 Å². The fourth-order valence-electron chi connectivity index (χ4n) is 1.83. The van der Waals surface area contributed by atoms with Crippen LogP contribution in [0.3, 0.4) is 0 Å². The molecule has 0 spiro atoms. The minimum atomic E-state index is 0.233. The van der Waals surface area contributed by atoms with E-state index in [4.69, 9.17) is 4.74 Å². The van der Waals surface area contributed by atoms with E-state index in [1.807, 2.05) is 0 Å². The summed E-state index contributed by atoms with van der Waals surface area (Å²) < 4.78 is 5.81. The molecule has 1 N–H and O–H groups in total. The maximum absolute atomic E-state index is 5.81. The first-order valence-electron chi connectivity index (χ1n) is 6.02. The fraction of sp³-hybridized carbons (Fsp3) is 0.571. The van der Waals surface area contributed by atoms with E-state index in [9.17, 15) is 0 Å². The zero-order valence-corrected chi connectivity index (χ0v) is 11.1. The van der Waals surface area contributed by atoms with E-state index in [2.05, 4.69) is 52.1 Å². The van der Waals surface area contributed by atoms with Gasteiger partial charge in [-0.1, -0.05) is 19.1 Å². The Morgan fingerprint density at radius 1 is 1.19 bits per heavy atom. The van der Waals surface area contributed by atoms with Crippen molar-refractivity contribution >= 4 is 0 Å². The van der Waals surface area contributed by atoms with Crippen LogP contribution in [0, 0.1) is 13.8 Å². The Bertz CT molecular complexity index is 322. The maximum atomic E-state index is 5.81. The van der Waals surface area contributed by atoms with Gasteiger partial charge in [-0.05, 0) is 50.9 Å². The maximum Gasteiger partial charge on any atom is 0.125 e. The smallest absolute Gasteiger partial charge is 0.125 e. The van der Waals surface area contributed by atoms with Gasteiger partial charge in [0.2, 0.25) is 0 Å². The molecular weight excluding hydrogens is 198 g/mol. The average Bonchev–Trinajstić information content (AvgIpc) is 2.20. The second-order valence-corrected chi connectivity index (χ2v) is 4.51. The molecule has 2 heteroatoms. The molecule has 0 aromatic heterocycles. The molecule has 16 heavy (non-hydrogen) atoms. The Hall–Kier alpha value is -1.02. The van der Waals surface area contributed by atoms with Crippen molar-refractivity contribution in [3.05, 3.63) is 28.8 Å². The van der Waals surface area contributed by atoms with Crippen molar-refractivity contribution < 1.29 is 4.74 Å².